The maximum absolute atomic E-state index is 12.4. The molecule has 0 bridgehead atoms. The summed E-state index contributed by atoms with van der Waals surface area (Å²) in [6, 6.07) is 2.88. The normalized spacial score (nSPS) is 20.1. The molecule has 6 nitrogen and oxygen atoms in total. The number of benzene rings is 1. The highest BCUT2D eigenvalue weighted by Crippen LogP contribution is 2.34. The van der Waals surface area contributed by atoms with Crippen molar-refractivity contribution in [1.29, 1.82) is 0 Å². The molecule has 1 aliphatic heterocycles. The zero-order chi connectivity index (χ0) is 14.3. The van der Waals surface area contributed by atoms with Crippen LogP contribution in [0.5, 0.6) is 0 Å². The Morgan fingerprint density at radius 1 is 1.40 bits per heavy atom. The van der Waals surface area contributed by atoms with Crippen LogP contribution in [0.4, 0.5) is 5.69 Å². The lowest BCUT2D eigenvalue weighted by atomic mass is 10.2. The van der Waals surface area contributed by atoms with Gasteiger partial charge in [0.15, 0.2) is 0 Å². The highest BCUT2D eigenvalue weighted by atomic mass is 35.5. The molecule has 104 valence electrons. The minimum atomic E-state index is -0.581. The molecule has 1 saturated heterocycles. The lowest BCUT2D eigenvalue weighted by Crippen LogP contribution is -2.42. The first-order chi connectivity index (χ1) is 9.58. The number of rotatable bonds is 1. The molecule has 2 heterocycles. The van der Waals surface area contributed by atoms with Gasteiger partial charge in [0.2, 0.25) is 11.8 Å². The van der Waals surface area contributed by atoms with Crippen molar-refractivity contribution >= 4 is 51.9 Å². The fraction of sp³-hybridized carbons (Fsp3) is 0.333. The van der Waals surface area contributed by atoms with E-state index >= 15 is 0 Å². The van der Waals surface area contributed by atoms with Crippen molar-refractivity contribution in [2.24, 2.45) is 0 Å². The summed E-state index contributed by atoms with van der Waals surface area (Å²) >= 11 is 7.30. The Morgan fingerprint density at radius 3 is 3.00 bits per heavy atom. The number of halogens is 1. The summed E-state index contributed by atoms with van der Waals surface area (Å²) in [6.07, 6.45) is 0.236. The van der Waals surface area contributed by atoms with Crippen LogP contribution in [-0.2, 0) is 9.59 Å². The van der Waals surface area contributed by atoms with Gasteiger partial charge in [0.1, 0.15) is 17.1 Å². The molecular formula is C12H11ClN4O2S. The average molecular weight is 311 g/mol. The zero-order valence-electron chi connectivity index (χ0n) is 10.6. The number of anilines is 1. The fourth-order valence-corrected chi connectivity index (χ4v) is 3.02. The third-order valence-corrected chi connectivity index (χ3v) is 4.05. The lowest BCUT2D eigenvalue weighted by Gasteiger charge is -2.23. The molecule has 2 amide bonds. The van der Waals surface area contributed by atoms with Crippen LogP contribution in [0.3, 0.4) is 0 Å². The number of amides is 2. The van der Waals surface area contributed by atoms with Gasteiger partial charge >= 0.3 is 0 Å². The molecule has 1 atom stereocenters. The molecule has 0 spiro atoms. The van der Waals surface area contributed by atoms with Crippen molar-refractivity contribution in [1.82, 2.24) is 14.1 Å². The van der Waals surface area contributed by atoms with Crippen molar-refractivity contribution in [3.05, 3.63) is 17.2 Å². The van der Waals surface area contributed by atoms with E-state index in [9.17, 15) is 9.59 Å². The minimum Gasteiger partial charge on any atom is -0.345 e. The van der Waals surface area contributed by atoms with Gasteiger partial charge in [-0.15, -0.1) is 0 Å². The SMILES string of the molecule is CC1NC(=O)CCN(c2c(Cl)ccc3nsnc23)C1=O. The topological polar surface area (TPSA) is 75.2 Å². The third kappa shape index (κ3) is 2.12. The van der Waals surface area contributed by atoms with E-state index < -0.39 is 6.04 Å². The molecule has 8 heteroatoms. The van der Waals surface area contributed by atoms with Crippen LogP contribution in [-0.4, -0.2) is 33.1 Å². The summed E-state index contributed by atoms with van der Waals surface area (Å²) in [5.74, 6) is -0.341. The van der Waals surface area contributed by atoms with Gasteiger partial charge in [-0.25, -0.2) is 0 Å². The van der Waals surface area contributed by atoms with Crippen molar-refractivity contribution in [3.8, 4) is 0 Å². The van der Waals surface area contributed by atoms with Crippen LogP contribution in [0.25, 0.3) is 11.0 Å². The average Bonchev–Trinajstić information content (AvgIpc) is 2.84. The Hall–Kier alpha value is -1.73. The number of aromatic nitrogens is 2. The van der Waals surface area contributed by atoms with Gasteiger partial charge in [-0.2, -0.15) is 8.75 Å². The predicted molar refractivity (Wildman–Crippen MR) is 77.0 cm³/mol. The van der Waals surface area contributed by atoms with Crippen LogP contribution in [0.15, 0.2) is 12.1 Å². The molecular weight excluding hydrogens is 300 g/mol. The first-order valence-electron chi connectivity index (χ1n) is 6.09. The molecule has 3 rings (SSSR count). The van der Waals surface area contributed by atoms with Crippen molar-refractivity contribution in [2.75, 3.05) is 11.4 Å². The Kier molecular flexibility index (Phi) is 3.31. The zero-order valence-corrected chi connectivity index (χ0v) is 12.2. The van der Waals surface area contributed by atoms with Crippen LogP contribution in [0.2, 0.25) is 5.02 Å². The second kappa shape index (κ2) is 4.99. The first kappa shape index (κ1) is 13.3. The maximum Gasteiger partial charge on any atom is 0.249 e. The minimum absolute atomic E-state index is 0.145. The van der Waals surface area contributed by atoms with Crippen molar-refractivity contribution < 1.29 is 9.59 Å². The van der Waals surface area contributed by atoms with Crippen molar-refractivity contribution in [3.63, 3.8) is 0 Å². The maximum atomic E-state index is 12.4. The van der Waals surface area contributed by atoms with Gasteiger partial charge in [-0.3, -0.25) is 9.59 Å². The lowest BCUT2D eigenvalue weighted by molar-refractivity contribution is -0.125. The molecule has 0 aliphatic carbocycles. The second-order valence-electron chi connectivity index (χ2n) is 4.56. The molecule has 20 heavy (non-hydrogen) atoms. The van der Waals surface area contributed by atoms with Gasteiger partial charge in [0.25, 0.3) is 0 Å². The molecule has 0 radical (unpaired) electrons. The van der Waals surface area contributed by atoms with Gasteiger partial charge < -0.3 is 10.2 Å². The third-order valence-electron chi connectivity index (χ3n) is 3.20. The number of nitrogens with zero attached hydrogens (tertiary/aromatic N) is 3. The molecule has 1 aliphatic rings. The largest absolute Gasteiger partial charge is 0.345 e. The van der Waals surface area contributed by atoms with Gasteiger partial charge in [0, 0.05) is 13.0 Å². The molecule has 2 aromatic rings. The van der Waals surface area contributed by atoms with E-state index in [1.54, 1.807) is 19.1 Å². The Labute approximate surface area is 124 Å². The number of hydrogen-bond acceptors (Lipinski definition) is 5. The summed E-state index contributed by atoms with van der Waals surface area (Å²) in [4.78, 5) is 25.5. The number of carbonyl (C=O) groups excluding carboxylic acids is 2. The van der Waals surface area contributed by atoms with Gasteiger partial charge in [-0.05, 0) is 19.1 Å². The Morgan fingerprint density at radius 2 is 2.20 bits per heavy atom. The molecule has 1 unspecified atom stereocenters. The number of fused-ring (bicyclic) bond motifs is 1. The van der Waals surface area contributed by atoms with Crippen LogP contribution >= 0.6 is 23.3 Å². The summed E-state index contributed by atoms with van der Waals surface area (Å²) in [7, 11) is 0. The van der Waals surface area contributed by atoms with Gasteiger partial charge in [-0.1, -0.05) is 11.6 Å². The van der Waals surface area contributed by atoms with E-state index in [1.165, 1.54) is 4.90 Å². The number of carbonyl (C=O) groups is 2. The van der Waals surface area contributed by atoms with E-state index in [0.29, 0.717) is 21.7 Å². The van der Waals surface area contributed by atoms with Crippen LogP contribution in [0.1, 0.15) is 13.3 Å². The molecule has 1 aromatic carbocycles. The second-order valence-corrected chi connectivity index (χ2v) is 5.49. The summed E-state index contributed by atoms with van der Waals surface area (Å²) in [5.41, 5.74) is 1.82. The molecule has 1 N–H and O–H groups in total. The predicted octanol–water partition coefficient (Wildman–Crippen LogP) is 1.59. The first-order valence-corrected chi connectivity index (χ1v) is 7.20. The van der Waals surface area contributed by atoms with E-state index in [2.05, 4.69) is 14.1 Å². The van der Waals surface area contributed by atoms with Crippen LogP contribution < -0.4 is 10.2 Å². The monoisotopic (exact) mass is 310 g/mol. The highest BCUT2D eigenvalue weighted by molar-refractivity contribution is 7.00. The summed E-state index contributed by atoms with van der Waals surface area (Å²) < 4.78 is 8.36. The smallest absolute Gasteiger partial charge is 0.249 e. The van der Waals surface area contributed by atoms with E-state index in [0.717, 1.165) is 11.7 Å². The van der Waals surface area contributed by atoms with E-state index in [1.807, 2.05) is 0 Å². The summed E-state index contributed by atoms with van der Waals surface area (Å²) in [5, 5.41) is 3.08. The van der Waals surface area contributed by atoms with Crippen LogP contribution in [0, 0.1) is 0 Å². The summed E-state index contributed by atoms with van der Waals surface area (Å²) in [6.45, 7) is 1.94. The van der Waals surface area contributed by atoms with Gasteiger partial charge in [0.05, 0.1) is 22.4 Å². The Balaban J connectivity index is 2.13. The number of nitrogens with one attached hydrogen (secondary N) is 1. The van der Waals surface area contributed by atoms with Crippen molar-refractivity contribution in [2.45, 2.75) is 19.4 Å². The quantitative estimate of drug-likeness (QED) is 0.868. The standard InChI is InChI=1S/C12H11ClN4O2S/c1-6-12(19)17(5-4-9(18)14-6)11-7(13)2-3-8-10(11)16-20-15-8/h2-3,6H,4-5H2,1H3,(H,14,18). The fourth-order valence-electron chi connectivity index (χ4n) is 2.22. The molecule has 1 fully saturated rings. The number of hydrogen-bond donors (Lipinski definition) is 1. The highest BCUT2D eigenvalue weighted by Gasteiger charge is 2.30. The molecule has 1 aromatic heterocycles. The van der Waals surface area contributed by atoms with E-state index in [4.69, 9.17) is 11.6 Å². The van der Waals surface area contributed by atoms with E-state index in [-0.39, 0.29) is 24.8 Å². The Bertz CT molecular complexity index is 702. The molecule has 0 saturated carbocycles.